The summed E-state index contributed by atoms with van der Waals surface area (Å²) in [7, 11) is 0. The summed E-state index contributed by atoms with van der Waals surface area (Å²) in [5.41, 5.74) is 11.4. The first kappa shape index (κ1) is 20.0. The summed E-state index contributed by atoms with van der Waals surface area (Å²) in [5, 5.41) is 23.3. The molecule has 2 aliphatic heterocycles. The number of aliphatic hydroxyl groups excluding tert-OH is 2. The normalized spacial score (nSPS) is 24.8. The van der Waals surface area contributed by atoms with Gasteiger partial charge in [0.1, 0.15) is 6.10 Å². The maximum absolute atomic E-state index is 12.5. The third-order valence-corrected chi connectivity index (χ3v) is 6.44. The van der Waals surface area contributed by atoms with Crippen molar-refractivity contribution in [3.8, 4) is 11.1 Å². The Balaban J connectivity index is 1.39. The molecule has 6 rings (SSSR count). The summed E-state index contributed by atoms with van der Waals surface area (Å²) >= 11 is 0. The highest BCUT2D eigenvalue weighted by molar-refractivity contribution is 5.78. The minimum atomic E-state index is -0.845. The zero-order chi connectivity index (χ0) is 22.7. The Labute approximate surface area is 187 Å². The van der Waals surface area contributed by atoms with Gasteiger partial charge in [-0.2, -0.15) is 4.58 Å². The molecular formula is C23H23N6O4+. The van der Waals surface area contributed by atoms with Gasteiger partial charge in [0.05, 0.1) is 12.7 Å². The Morgan fingerprint density at radius 3 is 2.85 bits per heavy atom. The molecule has 168 valence electrons. The van der Waals surface area contributed by atoms with Gasteiger partial charge < -0.3 is 26.0 Å². The van der Waals surface area contributed by atoms with Crippen molar-refractivity contribution in [2.24, 2.45) is 4.99 Å². The molecule has 1 aliphatic carbocycles. The molecule has 4 atom stereocenters. The van der Waals surface area contributed by atoms with Crippen molar-refractivity contribution in [3.05, 3.63) is 74.8 Å². The Morgan fingerprint density at radius 1 is 1.21 bits per heavy atom. The van der Waals surface area contributed by atoms with Crippen LogP contribution in [0.2, 0.25) is 0 Å². The van der Waals surface area contributed by atoms with Crippen LogP contribution in [0.25, 0.3) is 11.1 Å². The molecule has 0 saturated carbocycles. The number of aromatic nitrogens is 2. The second kappa shape index (κ2) is 7.48. The molecule has 1 unspecified atom stereocenters. The lowest BCUT2D eigenvalue weighted by molar-refractivity contribution is -0.0410. The van der Waals surface area contributed by atoms with Gasteiger partial charge in [0, 0.05) is 12.1 Å². The summed E-state index contributed by atoms with van der Waals surface area (Å²) in [6.45, 7) is -0.316. The zero-order valence-electron chi connectivity index (χ0n) is 17.6. The number of nitrogens with zero attached hydrogens (tertiary/aromatic N) is 3. The number of aromatic amines is 1. The Morgan fingerprint density at radius 2 is 2.03 bits per heavy atom. The molecule has 0 radical (unpaired) electrons. The van der Waals surface area contributed by atoms with Crippen LogP contribution in [-0.2, 0) is 11.2 Å². The molecule has 3 aromatic rings. The summed E-state index contributed by atoms with van der Waals surface area (Å²) in [6.07, 6.45) is -1.84. The molecule has 0 spiro atoms. The van der Waals surface area contributed by atoms with Crippen molar-refractivity contribution in [1.82, 2.24) is 14.5 Å². The number of nitrogens with one attached hydrogen (secondary N) is 2. The van der Waals surface area contributed by atoms with Crippen LogP contribution in [0.3, 0.4) is 0 Å². The van der Waals surface area contributed by atoms with Crippen molar-refractivity contribution in [2.75, 3.05) is 17.7 Å². The second-order valence-electron chi connectivity index (χ2n) is 8.50. The van der Waals surface area contributed by atoms with Crippen molar-refractivity contribution < 1.29 is 14.9 Å². The van der Waals surface area contributed by atoms with E-state index in [-0.39, 0.29) is 29.8 Å². The fourth-order valence-electron chi connectivity index (χ4n) is 4.90. The molecule has 10 nitrogen and oxygen atoms in total. The SMILES string of the molecule is Nc1nc2c(c(=O)[nH]1)=NC(Nc1ccc3c(c1)Cc1ccccc1-3)[N+]=2[C@H]1C[C@H](O)[C@@H](CO)O1. The molecule has 1 aromatic heterocycles. The molecule has 3 heterocycles. The van der Waals surface area contributed by atoms with Crippen LogP contribution in [0.4, 0.5) is 11.6 Å². The standard InChI is InChI=1S/C23H22N6O4/c24-22-27-20-19(21(32)28-22)26-23(29(20)18-9-16(31)17(10-30)33-18)25-13-5-6-15-12(8-13)7-11-3-1-2-4-14(11)15/h1-6,8,16-18,23,25,30-31H,7,9-10H2,(H2,24,28,32)/p+1/t16-,17+,18+,23?/m0/s1. The van der Waals surface area contributed by atoms with E-state index in [4.69, 9.17) is 10.5 Å². The van der Waals surface area contributed by atoms with E-state index in [1.807, 2.05) is 18.2 Å². The average Bonchev–Trinajstić information content (AvgIpc) is 3.46. The molecule has 2 aromatic carbocycles. The van der Waals surface area contributed by atoms with Crippen molar-refractivity contribution in [3.63, 3.8) is 0 Å². The van der Waals surface area contributed by atoms with Gasteiger partial charge in [-0.05, 0) is 45.8 Å². The Bertz CT molecular complexity index is 1450. The molecule has 0 amide bonds. The van der Waals surface area contributed by atoms with Crippen LogP contribution < -0.4 is 32.0 Å². The Hall–Kier alpha value is -3.60. The number of fused-ring (bicyclic) bond motifs is 4. The molecular weight excluding hydrogens is 424 g/mol. The number of nitrogen functional groups attached to an aromatic ring is 1. The maximum Gasteiger partial charge on any atom is 0.359 e. The summed E-state index contributed by atoms with van der Waals surface area (Å²) in [4.78, 5) is 23.8. The molecule has 6 N–H and O–H groups in total. The number of hydrogen-bond donors (Lipinski definition) is 5. The first-order chi connectivity index (χ1) is 16.0. The number of H-pyrrole nitrogens is 1. The molecule has 1 fully saturated rings. The number of nitrogens with two attached hydrogens (primary N) is 1. The minimum absolute atomic E-state index is 0.0350. The van der Waals surface area contributed by atoms with Crippen LogP contribution in [-0.4, -0.2) is 51.5 Å². The monoisotopic (exact) mass is 447 g/mol. The van der Waals surface area contributed by atoms with Crippen LogP contribution in [0.5, 0.6) is 0 Å². The molecule has 10 heteroatoms. The summed E-state index contributed by atoms with van der Waals surface area (Å²) in [5.74, 6) is -0.0350. The third kappa shape index (κ3) is 3.22. The fourth-order valence-corrected chi connectivity index (χ4v) is 4.90. The van der Waals surface area contributed by atoms with Gasteiger partial charge in [-0.25, -0.2) is 4.99 Å². The Kier molecular flexibility index (Phi) is 4.54. The van der Waals surface area contributed by atoms with Crippen LogP contribution >= 0.6 is 0 Å². The number of aliphatic hydroxyl groups is 2. The minimum Gasteiger partial charge on any atom is -0.394 e. The van der Waals surface area contributed by atoms with Crippen LogP contribution in [0.1, 0.15) is 17.5 Å². The number of ether oxygens (including phenoxy) is 1. The smallest absolute Gasteiger partial charge is 0.359 e. The summed E-state index contributed by atoms with van der Waals surface area (Å²) < 4.78 is 7.56. The summed E-state index contributed by atoms with van der Waals surface area (Å²) in [6, 6.07) is 14.5. The number of hydrogen-bond acceptors (Lipinski definition) is 8. The van der Waals surface area contributed by atoms with E-state index in [1.54, 1.807) is 4.58 Å². The van der Waals surface area contributed by atoms with E-state index in [9.17, 15) is 15.0 Å². The van der Waals surface area contributed by atoms with Gasteiger partial charge in [0.25, 0.3) is 11.8 Å². The van der Waals surface area contributed by atoms with Crippen LogP contribution in [0, 0.1) is 0 Å². The van der Waals surface area contributed by atoms with Crippen molar-refractivity contribution >= 4 is 11.6 Å². The van der Waals surface area contributed by atoms with Gasteiger partial charge in [0.15, 0.2) is 0 Å². The van der Waals surface area contributed by atoms with E-state index in [0.29, 0.717) is 0 Å². The molecule has 1 saturated heterocycles. The topological polar surface area (TPSA) is 149 Å². The number of rotatable bonds is 4. The average molecular weight is 447 g/mol. The van der Waals surface area contributed by atoms with Gasteiger partial charge >= 0.3 is 11.4 Å². The van der Waals surface area contributed by atoms with Gasteiger partial charge in [-0.15, -0.1) is 0 Å². The lowest BCUT2D eigenvalue weighted by atomic mass is 10.1. The lowest BCUT2D eigenvalue weighted by Gasteiger charge is -2.19. The zero-order valence-corrected chi connectivity index (χ0v) is 17.6. The number of anilines is 2. The molecule has 0 bridgehead atoms. The van der Waals surface area contributed by atoms with Gasteiger partial charge in [-0.1, -0.05) is 30.3 Å². The predicted molar refractivity (Wildman–Crippen MR) is 120 cm³/mol. The lowest BCUT2D eigenvalue weighted by Crippen LogP contribution is -2.52. The fraction of sp³-hybridized carbons (Fsp3) is 0.304. The number of benzene rings is 2. The first-order valence-electron chi connectivity index (χ1n) is 10.8. The van der Waals surface area contributed by atoms with E-state index >= 15 is 0 Å². The maximum atomic E-state index is 12.5. The van der Waals surface area contributed by atoms with E-state index in [0.717, 1.165) is 12.1 Å². The second-order valence-corrected chi connectivity index (χ2v) is 8.50. The van der Waals surface area contributed by atoms with Gasteiger partial charge in [-0.3, -0.25) is 9.78 Å². The van der Waals surface area contributed by atoms with Crippen molar-refractivity contribution in [1.29, 1.82) is 0 Å². The van der Waals surface area contributed by atoms with Crippen molar-refractivity contribution in [2.45, 2.75) is 37.6 Å². The van der Waals surface area contributed by atoms with E-state index in [2.05, 4.69) is 44.5 Å². The van der Waals surface area contributed by atoms with E-state index < -0.39 is 30.3 Å². The van der Waals surface area contributed by atoms with E-state index in [1.165, 1.54) is 22.3 Å². The predicted octanol–water partition coefficient (Wildman–Crippen LogP) is -1.09. The molecule has 3 aliphatic rings. The highest BCUT2D eigenvalue weighted by Gasteiger charge is 2.43. The third-order valence-electron chi connectivity index (χ3n) is 6.44. The van der Waals surface area contributed by atoms with Crippen LogP contribution in [0.15, 0.2) is 52.3 Å². The quantitative estimate of drug-likeness (QED) is 0.250. The largest absolute Gasteiger partial charge is 0.394 e. The highest BCUT2D eigenvalue weighted by atomic mass is 16.5. The first-order valence-corrected chi connectivity index (χ1v) is 10.8. The molecule has 33 heavy (non-hydrogen) atoms. The van der Waals surface area contributed by atoms with Gasteiger partial charge in [0.2, 0.25) is 11.6 Å². The highest BCUT2D eigenvalue weighted by Crippen LogP contribution is 2.37.